The normalized spacial score (nSPS) is 11.3. The number of rotatable bonds is 9. The van der Waals surface area contributed by atoms with Gasteiger partial charge in [-0.1, -0.05) is 49.4 Å². The number of carbonyl (C=O) groups excluding carboxylic acids is 2. The van der Waals surface area contributed by atoms with Gasteiger partial charge in [-0.25, -0.2) is 5.43 Å². The minimum atomic E-state index is -0.535. The molecular weight excluding hydrogens is 529 g/mol. The second kappa shape index (κ2) is 12.5. The summed E-state index contributed by atoms with van der Waals surface area (Å²) in [5, 5.41) is 6.73. The largest absolute Gasteiger partial charge is 0.494 e. The molecule has 2 amide bonds. The van der Waals surface area contributed by atoms with Gasteiger partial charge >= 0.3 is 0 Å². The van der Waals surface area contributed by atoms with E-state index < -0.39 is 5.91 Å². The van der Waals surface area contributed by atoms with Crippen molar-refractivity contribution in [1.82, 2.24) is 10.7 Å². The topological polar surface area (TPSA) is 79.8 Å². The van der Waals surface area contributed by atoms with Gasteiger partial charge in [-0.15, -0.1) is 0 Å². The lowest BCUT2D eigenvalue weighted by Gasteiger charge is -2.10. The maximum absolute atomic E-state index is 12.8. The summed E-state index contributed by atoms with van der Waals surface area (Å²) >= 11 is 2.21. The first-order valence-electron chi connectivity index (χ1n) is 10.4. The van der Waals surface area contributed by atoms with Gasteiger partial charge in [-0.05, 0) is 82.6 Å². The Morgan fingerprint density at radius 2 is 1.73 bits per heavy atom. The smallest absolute Gasteiger partial charge is 0.287 e. The fraction of sp³-hybridized carbons (Fsp3) is 0.115. The van der Waals surface area contributed by atoms with Gasteiger partial charge in [0, 0.05) is 9.13 Å². The van der Waals surface area contributed by atoms with Gasteiger partial charge in [0.2, 0.25) is 0 Å². The minimum absolute atomic E-state index is 0.0749. The molecule has 0 heterocycles. The van der Waals surface area contributed by atoms with Crippen LogP contribution in [0.2, 0.25) is 0 Å². The third-order valence-corrected chi connectivity index (χ3v) is 5.09. The predicted octanol–water partition coefficient (Wildman–Crippen LogP) is 5.00. The highest BCUT2D eigenvalue weighted by Gasteiger charge is 2.14. The summed E-state index contributed by atoms with van der Waals surface area (Å²) in [5.74, 6) is -0.177. The van der Waals surface area contributed by atoms with E-state index in [1.54, 1.807) is 36.6 Å². The maximum atomic E-state index is 12.8. The molecule has 3 aromatic rings. The van der Waals surface area contributed by atoms with Crippen molar-refractivity contribution in [3.8, 4) is 5.75 Å². The van der Waals surface area contributed by atoms with Crippen LogP contribution in [0.25, 0.3) is 6.08 Å². The van der Waals surface area contributed by atoms with E-state index in [9.17, 15) is 9.59 Å². The highest BCUT2D eigenvalue weighted by Crippen LogP contribution is 2.15. The monoisotopic (exact) mass is 553 g/mol. The molecule has 7 heteroatoms. The first-order valence-corrected chi connectivity index (χ1v) is 11.5. The molecule has 0 saturated heterocycles. The molecule has 0 aliphatic heterocycles. The van der Waals surface area contributed by atoms with E-state index in [1.165, 1.54) is 0 Å². The van der Waals surface area contributed by atoms with E-state index in [0.29, 0.717) is 12.2 Å². The lowest BCUT2D eigenvalue weighted by molar-refractivity contribution is -0.117. The standard InChI is InChI=1S/C26H24IN3O3/c1-2-15-33-23-13-11-19(12-14-23)17-24(29-25(31)21-8-4-3-5-9-21)26(32)30-28-18-20-7-6-10-22(27)16-20/h3-14,16-18H,2,15H2,1H3,(H,29,31)(H,30,32). The Balaban J connectivity index is 1.78. The molecule has 33 heavy (non-hydrogen) atoms. The molecule has 3 rings (SSSR count). The van der Waals surface area contributed by atoms with Crippen molar-refractivity contribution in [2.75, 3.05) is 6.61 Å². The van der Waals surface area contributed by atoms with Crippen LogP contribution in [0, 0.1) is 3.57 Å². The molecule has 0 aliphatic carbocycles. The molecule has 0 radical (unpaired) electrons. The molecular formula is C26H24IN3O3. The van der Waals surface area contributed by atoms with Gasteiger partial charge in [0.1, 0.15) is 11.4 Å². The number of hydrogen-bond acceptors (Lipinski definition) is 4. The number of amides is 2. The van der Waals surface area contributed by atoms with Crippen LogP contribution in [-0.4, -0.2) is 24.6 Å². The van der Waals surface area contributed by atoms with Gasteiger partial charge in [-0.3, -0.25) is 9.59 Å². The van der Waals surface area contributed by atoms with Crippen LogP contribution in [0.1, 0.15) is 34.8 Å². The number of hydrazone groups is 1. The Hall–Kier alpha value is -3.46. The van der Waals surface area contributed by atoms with E-state index in [4.69, 9.17) is 4.74 Å². The van der Waals surface area contributed by atoms with E-state index in [-0.39, 0.29) is 11.6 Å². The molecule has 2 N–H and O–H groups in total. The van der Waals surface area contributed by atoms with Crippen LogP contribution in [0.4, 0.5) is 0 Å². The van der Waals surface area contributed by atoms with Gasteiger partial charge in [0.25, 0.3) is 11.8 Å². The Kier molecular flexibility index (Phi) is 9.19. The van der Waals surface area contributed by atoms with Crippen LogP contribution in [-0.2, 0) is 4.79 Å². The second-order valence-electron chi connectivity index (χ2n) is 7.05. The van der Waals surface area contributed by atoms with Crippen molar-refractivity contribution < 1.29 is 14.3 Å². The molecule has 0 atom stereocenters. The Morgan fingerprint density at radius 1 is 0.970 bits per heavy atom. The molecule has 6 nitrogen and oxygen atoms in total. The summed E-state index contributed by atoms with van der Waals surface area (Å²) in [6.07, 6.45) is 4.07. The van der Waals surface area contributed by atoms with Crippen LogP contribution in [0.15, 0.2) is 89.7 Å². The Labute approximate surface area is 206 Å². The maximum Gasteiger partial charge on any atom is 0.287 e. The molecule has 0 aliphatic rings. The van der Waals surface area contributed by atoms with Gasteiger partial charge in [0.15, 0.2) is 0 Å². The molecule has 0 unspecified atom stereocenters. The first-order chi connectivity index (χ1) is 16.0. The predicted molar refractivity (Wildman–Crippen MR) is 139 cm³/mol. The zero-order chi connectivity index (χ0) is 23.5. The average molecular weight is 553 g/mol. The molecule has 0 bridgehead atoms. The first kappa shape index (κ1) is 24.2. The molecule has 0 fully saturated rings. The fourth-order valence-corrected chi connectivity index (χ4v) is 3.37. The Morgan fingerprint density at radius 3 is 2.42 bits per heavy atom. The number of halogens is 1. The lowest BCUT2D eigenvalue weighted by Crippen LogP contribution is -2.32. The Bertz CT molecular complexity index is 1140. The number of hydrogen-bond donors (Lipinski definition) is 2. The number of benzene rings is 3. The SMILES string of the molecule is CCCOc1ccc(C=C(NC(=O)c2ccccc2)C(=O)NN=Cc2cccc(I)c2)cc1. The van der Waals surface area contributed by atoms with Crippen molar-refractivity contribution >= 4 is 46.7 Å². The fourth-order valence-electron chi connectivity index (χ4n) is 2.80. The minimum Gasteiger partial charge on any atom is -0.494 e. The highest BCUT2D eigenvalue weighted by molar-refractivity contribution is 14.1. The zero-order valence-corrected chi connectivity index (χ0v) is 20.3. The van der Waals surface area contributed by atoms with Crippen LogP contribution in [0.3, 0.4) is 0 Å². The summed E-state index contributed by atoms with van der Waals surface area (Å²) in [4.78, 5) is 25.5. The van der Waals surface area contributed by atoms with E-state index in [0.717, 1.165) is 26.9 Å². The summed E-state index contributed by atoms with van der Waals surface area (Å²) in [6.45, 7) is 2.67. The molecule has 0 saturated carbocycles. The molecule has 0 aromatic heterocycles. The molecule has 3 aromatic carbocycles. The number of carbonyl (C=O) groups is 2. The highest BCUT2D eigenvalue weighted by atomic mass is 127. The molecule has 168 valence electrons. The van der Waals surface area contributed by atoms with E-state index >= 15 is 0 Å². The summed E-state index contributed by atoms with van der Waals surface area (Å²) < 4.78 is 6.66. The summed E-state index contributed by atoms with van der Waals surface area (Å²) in [5.41, 5.74) is 4.59. The van der Waals surface area contributed by atoms with Crippen molar-refractivity contribution in [3.63, 3.8) is 0 Å². The van der Waals surface area contributed by atoms with Crippen molar-refractivity contribution in [2.24, 2.45) is 5.10 Å². The third kappa shape index (κ3) is 7.87. The number of nitrogens with one attached hydrogen (secondary N) is 2. The quantitative estimate of drug-likeness (QED) is 0.170. The summed E-state index contributed by atoms with van der Waals surface area (Å²) in [7, 11) is 0. The van der Waals surface area contributed by atoms with Gasteiger partial charge in [0.05, 0.1) is 12.8 Å². The average Bonchev–Trinajstić information content (AvgIpc) is 2.83. The van der Waals surface area contributed by atoms with E-state index in [1.807, 2.05) is 61.5 Å². The van der Waals surface area contributed by atoms with Crippen LogP contribution < -0.4 is 15.5 Å². The van der Waals surface area contributed by atoms with Crippen molar-refractivity contribution in [2.45, 2.75) is 13.3 Å². The van der Waals surface area contributed by atoms with Gasteiger partial charge < -0.3 is 10.1 Å². The second-order valence-corrected chi connectivity index (χ2v) is 8.30. The van der Waals surface area contributed by atoms with Crippen molar-refractivity contribution in [3.05, 3.63) is 105 Å². The van der Waals surface area contributed by atoms with Gasteiger partial charge in [-0.2, -0.15) is 5.10 Å². The van der Waals surface area contributed by atoms with Crippen molar-refractivity contribution in [1.29, 1.82) is 0 Å². The zero-order valence-electron chi connectivity index (χ0n) is 18.1. The third-order valence-electron chi connectivity index (χ3n) is 4.42. The van der Waals surface area contributed by atoms with E-state index in [2.05, 4.69) is 38.4 Å². The lowest BCUT2D eigenvalue weighted by atomic mass is 10.1. The number of ether oxygens (including phenoxy) is 1. The van der Waals surface area contributed by atoms with Crippen LogP contribution >= 0.6 is 22.6 Å². The number of nitrogens with zero attached hydrogens (tertiary/aromatic N) is 1. The molecule has 0 spiro atoms. The van der Waals surface area contributed by atoms with Crippen LogP contribution in [0.5, 0.6) is 5.75 Å². The summed E-state index contributed by atoms with van der Waals surface area (Å²) in [6, 6.07) is 23.7.